The zero-order chi connectivity index (χ0) is 27.7. The summed E-state index contributed by atoms with van der Waals surface area (Å²) in [5.41, 5.74) is 4.53. The number of benzene rings is 3. The topological polar surface area (TPSA) is 86.8 Å². The number of nitrogens with one attached hydrogen (secondary N) is 1. The van der Waals surface area contributed by atoms with Gasteiger partial charge in [-0.25, -0.2) is 8.42 Å². The van der Waals surface area contributed by atoms with Crippen LogP contribution >= 0.6 is 0 Å². The Morgan fingerprint density at radius 1 is 0.895 bits per heavy atom. The Hall–Kier alpha value is -3.65. The van der Waals surface area contributed by atoms with E-state index in [1.165, 1.54) is 10.6 Å². The van der Waals surface area contributed by atoms with Crippen molar-refractivity contribution >= 4 is 27.5 Å². The van der Waals surface area contributed by atoms with E-state index in [1.54, 1.807) is 24.1 Å². The average molecular weight is 536 g/mol. The molecule has 0 aliphatic carbocycles. The fraction of sp³-hybridized carbons (Fsp3) is 0.333. The summed E-state index contributed by atoms with van der Waals surface area (Å²) in [6.45, 7) is 4.36. The van der Waals surface area contributed by atoms with Crippen molar-refractivity contribution < 1.29 is 18.0 Å². The molecule has 202 valence electrons. The van der Waals surface area contributed by atoms with Gasteiger partial charge in [0.1, 0.15) is 6.04 Å². The fourth-order valence-electron chi connectivity index (χ4n) is 4.41. The Morgan fingerprint density at radius 3 is 2.13 bits per heavy atom. The number of hydrogen-bond donors (Lipinski definition) is 1. The number of sulfonamides is 1. The molecule has 0 aliphatic heterocycles. The Morgan fingerprint density at radius 2 is 1.53 bits per heavy atom. The molecule has 1 N–H and O–H groups in total. The first-order valence-corrected chi connectivity index (χ1v) is 14.6. The molecule has 0 radical (unpaired) electrons. The second-order valence-corrected chi connectivity index (χ2v) is 11.4. The van der Waals surface area contributed by atoms with Gasteiger partial charge < -0.3 is 10.2 Å². The molecule has 0 heterocycles. The molecule has 7 nitrogen and oxygen atoms in total. The molecule has 3 rings (SSSR count). The van der Waals surface area contributed by atoms with Crippen LogP contribution in [0.1, 0.15) is 35.1 Å². The summed E-state index contributed by atoms with van der Waals surface area (Å²) in [6, 6.07) is 24.0. The highest BCUT2D eigenvalue weighted by Gasteiger charge is 2.30. The zero-order valence-electron chi connectivity index (χ0n) is 22.6. The van der Waals surface area contributed by atoms with Gasteiger partial charge in [0.2, 0.25) is 21.8 Å². The SMILES string of the molecule is CNC(=O)C(Cc1ccccc1)N(Cc1ccccc1C)C(=O)CCCN(c1ccc(C)cc1)S(C)(=O)=O. The standard InChI is InChI=1S/C30H37N3O4S/c1-23-16-18-27(19-17-23)33(38(4,36)37)20-10-15-29(34)32(22-26-14-9-8-11-24(26)2)28(30(35)31-3)21-25-12-6-5-7-13-25/h5-9,11-14,16-19,28H,10,15,20-22H2,1-4H3,(H,31,35). The van der Waals surface area contributed by atoms with Crippen molar-refractivity contribution in [2.75, 3.05) is 24.2 Å². The molecule has 0 saturated carbocycles. The van der Waals surface area contributed by atoms with Crippen LogP contribution in [0.2, 0.25) is 0 Å². The molecule has 0 aliphatic rings. The molecular formula is C30H37N3O4S. The van der Waals surface area contributed by atoms with Crippen molar-refractivity contribution in [3.63, 3.8) is 0 Å². The van der Waals surface area contributed by atoms with Crippen LogP contribution in [0.5, 0.6) is 0 Å². The average Bonchev–Trinajstić information content (AvgIpc) is 2.89. The third-order valence-electron chi connectivity index (χ3n) is 6.59. The minimum atomic E-state index is -3.53. The van der Waals surface area contributed by atoms with Crippen LogP contribution in [0.3, 0.4) is 0 Å². The molecule has 0 saturated heterocycles. The lowest BCUT2D eigenvalue weighted by molar-refractivity contribution is -0.141. The lowest BCUT2D eigenvalue weighted by Crippen LogP contribution is -2.50. The summed E-state index contributed by atoms with van der Waals surface area (Å²) < 4.78 is 26.4. The van der Waals surface area contributed by atoms with Crippen molar-refractivity contribution in [2.24, 2.45) is 0 Å². The van der Waals surface area contributed by atoms with E-state index in [9.17, 15) is 18.0 Å². The van der Waals surface area contributed by atoms with Crippen LogP contribution in [0.4, 0.5) is 5.69 Å². The van der Waals surface area contributed by atoms with E-state index < -0.39 is 16.1 Å². The van der Waals surface area contributed by atoms with Crippen LogP contribution in [0.15, 0.2) is 78.9 Å². The van der Waals surface area contributed by atoms with E-state index in [2.05, 4.69) is 5.32 Å². The highest BCUT2D eigenvalue weighted by molar-refractivity contribution is 7.92. The lowest BCUT2D eigenvalue weighted by Gasteiger charge is -2.32. The second-order valence-electron chi connectivity index (χ2n) is 9.54. The summed E-state index contributed by atoms with van der Waals surface area (Å²) in [5, 5.41) is 2.72. The molecule has 3 aromatic rings. The van der Waals surface area contributed by atoms with Crippen LogP contribution < -0.4 is 9.62 Å². The molecule has 8 heteroatoms. The van der Waals surface area contributed by atoms with Gasteiger partial charge in [-0.05, 0) is 49.1 Å². The first-order valence-electron chi connectivity index (χ1n) is 12.7. The molecule has 38 heavy (non-hydrogen) atoms. The summed E-state index contributed by atoms with van der Waals surface area (Å²) in [7, 11) is -1.96. The van der Waals surface area contributed by atoms with Gasteiger partial charge >= 0.3 is 0 Å². The maximum atomic E-state index is 13.7. The largest absolute Gasteiger partial charge is 0.357 e. The predicted molar refractivity (Wildman–Crippen MR) is 152 cm³/mol. The Bertz CT molecular complexity index is 1330. The van der Waals surface area contributed by atoms with E-state index in [0.29, 0.717) is 18.5 Å². The molecular weight excluding hydrogens is 498 g/mol. The van der Waals surface area contributed by atoms with Gasteiger partial charge in [0, 0.05) is 33.0 Å². The first-order chi connectivity index (χ1) is 18.1. The van der Waals surface area contributed by atoms with Crippen molar-refractivity contribution in [1.82, 2.24) is 10.2 Å². The first kappa shape index (κ1) is 28.9. The quantitative estimate of drug-likeness (QED) is 0.376. The molecule has 2 amide bonds. The smallest absolute Gasteiger partial charge is 0.242 e. The number of nitrogens with zero attached hydrogens (tertiary/aromatic N) is 2. The van der Waals surface area contributed by atoms with Gasteiger partial charge in [0.25, 0.3) is 0 Å². The van der Waals surface area contributed by atoms with Crippen molar-refractivity contribution in [3.8, 4) is 0 Å². The normalized spacial score (nSPS) is 12.0. The molecule has 1 atom stereocenters. The number of aryl methyl sites for hydroxylation is 2. The molecule has 3 aromatic carbocycles. The van der Waals surface area contributed by atoms with Gasteiger partial charge in [-0.2, -0.15) is 0 Å². The minimum Gasteiger partial charge on any atom is -0.357 e. The van der Waals surface area contributed by atoms with Crippen molar-refractivity contribution in [3.05, 3.63) is 101 Å². The maximum absolute atomic E-state index is 13.7. The van der Waals surface area contributed by atoms with Crippen molar-refractivity contribution in [1.29, 1.82) is 0 Å². The lowest BCUT2D eigenvalue weighted by atomic mass is 10.0. The molecule has 0 spiro atoms. The Kier molecular flexibility index (Phi) is 10.1. The summed E-state index contributed by atoms with van der Waals surface area (Å²) in [5.74, 6) is -0.441. The molecule has 1 unspecified atom stereocenters. The van der Waals surface area contributed by atoms with Crippen LogP contribution in [0.25, 0.3) is 0 Å². The number of likely N-dealkylation sites (N-methyl/N-ethyl adjacent to an activating group) is 1. The third kappa shape index (κ3) is 7.92. The number of anilines is 1. The van der Waals surface area contributed by atoms with E-state index in [0.717, 1.165) is 22.3 Å². The van der Waals surface area contributed by atoms with Gasteiger partial charge in [0.15, 0.2) is 0 Å². The highest BCUT2D eigenvalue weighted by Crippen LogP contribution is 2.21. The predicted octanol–water partition coefficient (Wildman–Crippen LogP) is 4.24. The van der Waals surface area contributed by atoms with Crippen LogP contribution in [-0.2, 0) is 32.6 Å². The number of carbonyl (C=O) groups excluding carboxylic acids is 2. The van der Waals surface area contributed by atoms with E-state index in [4.69, 9.17) is 0 Å². The van der Waals surface area contributed by atoms with E-state index >= 15 is 0 Å². The minimum absolute atomic E-state index is 0.103. The monoisotopic (exact) mass is 535 g/mol. The maximum Gasteiger partial charge on any atom is 0.242 e. The van der Waals surface area contributed by atoms with Gasteiger partial charge in [-0.15, -0.1) is 0 Å². The second kappa shape index (κ2) is 13.2. The third-order valence-corrected chi connectivity index (χ3v) is 7.79. The van der Waals surface area contributed by atoms with Gasteiger partial charge in [0.05, 0.1) is 11.9 Å². The van der Waals surface area contributed by atoms with E-state index in [1.807, 2.05) is 80.6 Å². The molecule has 0 fully saturated rings. The van der Waals surface area contributed by atoms with E-state index in [-0.39, 0.29) is 31.3 Å². The summed E-state index contributed by atoms with van der Waals surface area (Å²) in [4.78, 5) is 28.4. The van der Waals surface area contributed by atoms with Crippen LogP contribution in [-0.4, -0.2) is 51.0 Å². The summed E-state index contributed by atoms with van der Waals surface area (Å²) >= 11 is 0. The molecule has 0 aromatic heterocycles. The molecule has 0 bridgehead atoms. The number of rotatable bonds is 12. The number of hydrogen-bond acceptors (Lipinski definition) is 4. The number of amides is 2. The Labute approximate surface area is 226 Å². The van der Waals surface area contributed by atoms with Gasteiger partial charge in [-0.1, -0.05) is 72.3 Å². The zero-order valence-corrected chi connectivity index (χ0v) is 23.4. The fourth-order valence-corrected chi connectivity index (χ4v) is 5.37. The van der Waals surface area contributed by atoms with Crippen LogP contribution in [0, 0.1) is 13.8 Å². The van der Waals surface area contributed by atoms with Crippen molar-refractivity contribution in [2.45, 2.75) is 45.7 Å². The summed E-state index contributed by atoms with van der Waals surface area (Å²) in [6.07, 6.45) is 1.96. The number of carbonyl (C=O) groups is 2. The van der Waals surface area contributed by atoms with Gasteiger partial charge in [-0.3, -0.25) is 13.9 Å². The highest BCUT2D eigenvalue weighted by atomic mass is 32.2. The Balaban J connectivity index is 1.84.